The van der Waals surface area contributed by atoms with Gasteiger partial charge in [0.05, 0.1) is 5.75 Å². The Hall–Kier alpha value is -2.15. The molecule has 134 valence electrons. The largest absolute Gasteiger partial charge is 0.342 e. The summed E-state index contributed by atoms with van der Waals surface area (Å²) in [5.41, 5.74) is 1.96. The molecule has 7 heteroatoms. The molecule has 1 aliphatic heterocycles. The zero-order valence-electron chi connectivity index (χ0n) is 14.6. The van der Waals surface area contributed by atoms with Crippen molar-refractivity contribution in [3.05, 3.63) is 42.2 Å². The van der Waals surface area contributed by atoms with Crippen LogP contribution in [0, 0.1) is 0 Å². The normalized spacial score (nSPS) is 15.3. The average Bonchev–Trinajstić information content (AvgIpc) is 3.22. The van der Waals surface area contributed by atoms with Gasteiger partial charge in [-0.2, -0.15) is 0 Å². The first-order chi connectivity index (χ1) is 11.9. The maximum atomic E-state index is 12.7. The lowest BCUT2D eigenvalue weighted by Crippen LogP contribution is -2.31. The topological polar surface area (TPSA) is 72.3 Å². The van der Waals surface area contributed by atoms with Gasteiger partial charge in [0.15, 0.2) is 0 Å². The number of amides is 1. The molecule has 0 unspecified atom stereocenters. The summed E-state index contributed by atoms with van der Waals surface area (Å²) in [4.78, 5) is 17.3. The van der Waals surface area contributed by atoms with Gasteiger partial charge in [-0.05, 0) is 30.0 Å². The van der Waals surface area contributed by atoms with Gasteiger partial charge in [0, 0.05) is 37.6 Å². The SMILES string of the molecule is CC(C)c1ccc(-n2ccnc2S(=O)(=O)CCN2CCCC2=O)cc1. The molecule has 2 aromatic rings. The second-order valence-electron chi connectivity index (χ2n) is 6.63. The van der Waals surface area contributed by atoms with Gasteiger partial charge in [0.25, 0.3) is 0 Å². The van der Waals surface area contributed by atoms with Crippen LogP contribution in [0.4, 0.5) is 0 Å². The van der Waals surface area contributed by atoms with Crippen LogP contribution in [0.5, 0.6) is 0 Å². The number of carbonyl (C=O) groups excluding carboxylic acids is 1. The van der Waals surface area contributed by atoms with E-state index in [2.05, 4.69) is 18.8 Å². The lowest BCUT2D eigenvalue weighted by molar-refractivity contribution is -0.127. The van der Waals surface area contributed by atoms with Crippen molar-refractivity contribution >= 4 is 15.7 Å². The summed E-state index contributed by atoms with van der Waals surface area (Å²) < 4.78 is 27.0. The Labute approximate surface area is 148 Å². The smallest absolute Gasteiger partial charge is 0.232 e. The van der Waals surface area contributed by atoms with Gasteiger partial charge in [0.1, 0.15) is 0 Å². The number of nitrogens with zero attached hydrogens (tertiary/aromatic N) is 3. The van der Waals surface area contributed by atoms with Crippen molar-refractivity contribution in [2.24, 2.45) is 0 Å². The molecule has 0 saturated carbocycles. The first kappa shape index (κ1) is 17.7. The molecule has 1 aromatic heterocycles. The van der Waals surface area contributed by atoms with E-state index >= 15 is 0 Å². The quantitative estimate of drug-likeness (QED) is 0.792. The predicted molar refractivity (Wildman–Crippen MR) is 95.5 cm³/mol. The summed E-state index contributed by atoms with van der Waals surface area (Å²) in [5, 5.41) is 0.0245. The zero-order chi connectivity index (χ0) is 18.0. The highest BCUT2D eigenvalue weighted by molar-refractivity contribution is 7.91. The number of imidazole rings is 1. The molecule has 6 nitrogen and oxygen atoms in total. The Bertz CT molecular complexity index is 854. The van der Waals surface area contributed by atoms with Crippen molar-refractivity contribution in [1.82, 2.24) is 14.5 Å². The fourth-order valence-corrected chi connectivity index (χ4v) is 4.33. The van der Waals surface area contributed by atoms with Crippen LogP contribution in [-0.4, -0.2) is 47.6 Å². The molecule has 1 aliphatic rings. The van der Waals surface area contributed by atoms with Crippen molar-refractivity contribution in [1.29, 1.82) is 0 Å². The lowest BCUT2D eigenvalue weighted by Gasteiger charge is -2.15. The molecule has 0 spiro atoms. The van der Waals surface area contributed by atoms with E-state index in [0.29, 0.717) is 18.9 Å². The van der Waals surface area contributed by atoms with Gasteiger partial charge in [-0.1, -0.05) is 26.0 Å². The van der Waals surface area contributed by atoms with Crippen LogP contribution in [0.15, 0.2) is 41.8 Å². The number of hydrogen-bond acceptors (Lipinski definition) is 4. The van der Waals surface area contributed by atoms with E-state index < -0.39 is 9.84 Å². The van der Waals surface area contributed by atoms with Crippen LogP contribution in [-0.2, 0) is 14.6 Å². The number of sulfone groups is 1. The van der Waals surface area contributed by atoms with Gasteiger partial charge < -0.3 is 4.90 Å². The molecular weight excluding hydrogens is 338 g/mol. The van der Waals surface area contributed by atoms with E-state index in [1.807, 2.05) is 24.3 Å². The monoisotopic (exact) mass is 361 g/mol. The third-order valence-corrected chi connectivity index (χ3v) is 6.10. The number of aromatic nitrogens is 2. The van der Waals surface area contributed by atoms with Crippen LogP contribution >= 0.6 is 0 Å². The van der Waals surface area contributed by atoms with Gasteiger partial charge in [-0.15, -0.1) is 0 Å². The second-order valence-corrected chi connectivity index (χ2v) is 8.63. The molecule has 0 aliphatic carbocycles. The van der Waals surface area contributed by atoms with E-state index in [1.54, 1.807) is 15.7 Å². The van der Waals surface area contributed by atoms with E-state index in [4.69, 9.17) is 0 Å². The van der Waals surface area contributed by atoms with E-state index in [-0.39, 0.29) is 23.4 Å². The fraction of sp³-hybridized carbons (Fsp3) is 0.444. The van der Waals surface area contributed by atoms with Crippen LogP contribution in [0.3, 0.4) is 0 Å². The Morgan fingerprint density at radius 1 is 1.20 bits per heavy atom. The number of hydrogen-bond donors (Lipinski definition) is 0. The van der Waals surface area contributed by atoms with Crippen molar-refractivity contribution in [3.8, 4) is 5.69 Å². The number of carbonyl (C=O) groups is 1. The van der Waals surface area contributed by atoms with Crippen molar-refractivity contribution in [3.63, 3.8) is 0 Å². The summed E-state index contributed by atoms with van der Waals surface area (Å²) >= 11 is 0. The minimum Gasteiger partial charge on any atom is -0.342 e. The summed E-state index contributed by atoms with van der Waals surface area (Å²) in [6.07, 6.45) is 4.45. The maximum absolute atomic E-state index is 12.7. The highest BCUT2D eigenvalue weighted by Gasteiger charge is 2.26. The molecule has 1 saturated heterocycles. The highest BCUT2D eigenvalue weighted by Crippen LogP contribution is 2.20. The standard InChI is InChI=1S/C18H23N3O3S/c1-14(2)15-5-7-16(8-6-15)21-11-9-19-18(21)25(23,24)13-12-20-10-3-4-17(20)22/h5-9,11,14H,3-4,10,12-13H2,1-2H3. The third-order valence-electron chi connectivity index (χ3n) is 4.52. The highest BCUT2D eigenvalue weighted by atomic mass is 32.2. The summed E-state index contributed by atoms with van der Waals surface area (Å²) in [5.74, 6) is 0.334. The predicted octanol–water partition coefficient (Wildman–Crippen LogP) is 2.39. The van der Waals surface area contributed by atoms with E-state index in [9.17, 15) is 13.2 Å². The van der Waals surface area contributed by atoms with E-state index in [0.717, 1.165) is 12.1 Å². The van der Waals surface area contributed by atoms with Crippen LogP contribution < -0.4 is 0 Å². The Morgan fingerprint density at radius 3 is 2.52 bits per heavy atom. The second kappa shape index (κ2) is 7.00. The fourth-order valence-electron chi connectivity index (χ4n) is 3.00. The summed E-state index contributed by atoms with van der Waals surface area (Å²) in [6, 6.07) is 7.80. The molecule has 25 heavy (non-hydrogen) atoms. The van der Waals surface area contributed by atoms with Crippen molar-refractivity contribution in [2.45, 2.75) is 37.8 Å². The Balaban J connectivity index is 1.81. The summed E-state index contributed by atoms with van der Waals surface area (Å²) in [7, 11) is -3.58. The maximum Gasteiger partial charge on any atom is 0.232 e. The van der Waals surface area contributed by atoms with Crippen molar-refractivity contribution in [2.75, 3.05) is 18.8 Å². The molecule has 0 radical (unpaired) electrons. The summed E-state index contributed by atoms with van der Waals surface area (Å²) in [6.45, 7) is 5.09. The van der Waals surface area contributed by atoms with Crippen LogP contribution in [0.2, 0.25) is 0 Å². The van der Waals surface area contributed by atoms with Crippen LogP contribution in [0.1, 0.15) is 38.2 Å². The molecule has 3 rings (SSSR count). The van der Waals surface area contributed by atoms with E-state index in [1.165, 1.54) is 11.8 Å². The van der Waals surface area contributed by atoms with Gasteiger partial charge in [-0.25, -0.2) is 13.4 Å². The number of likely N-dealkylation sites (tertiary alicyclic amines) is 1. The number of benzene rings is 1. The average molecular weight is 361 g/mol. The molecule has 0 atom stereocenters. The van der Waals surface area contributed by atoms with Crippen LogP contribution in [0.25, 0.3) is 5.69 Å². The minimum atomic E-state index is -3.58. The van der Waals surface area contributed by atoms with Gasteiger partial charge >= 0.3 is 0 Å². The molecule has 0 bridgehead atoms. The lowest BCUT2D eigenvalue weighted by atomic mass is 10.0. The van der Waals surface area contributed by atoms with Gasteiger partial charge in [-0.3, -0.25) is 9.36 Å². The minimum absolute atomic E-state index is 0.0245. The molecule has 0 N–H and O–H groups in total. The zero-order valence-corrected chi connectivity index (χ0v) is 15.4. The Kier molecular flexibility index (Phi) is 4.94. The molecule has 1 amide bonds. The molecule has 1 fully saturated rings. The third kappa shape index (κ3) is 3.76. The van der Waals surface area contributed by atoms with Gasteiger partial charge in [0.2, 0.25) is 20.9 Å². The number of rotatable bonds is 6. The first-order valence-corrected chi connectivity index (χ1v) is 10.2. The molecule has 1 aromatic carbocycles. The van der Waals surface area contributed by atoms with Crippen molar-refractivity contribution < 1.29 is 13.2 Å². The first-order valence-electron chi connectivity index (χ1n) is 8.53. The molecular formula is C18H23N3O3S. The molecule has 2 heterocycles. The Morgan fingerprint density at radius 2 is 1.92 bits per heavy atom.